The average Bonchev–Trinajstić information content (AvgIpc) is 2.87. The summed E-state index contributed by atoms with van der Waals surface area (Å²) in [5.41, 5.74) is 7.19. The minimum absolute atomic E-state index is 0.137. The fourth-order valence-electron chi connectivity index (χ4n) is 1.78. The first kappa shape index (κ1) is 13.0. The van der Waals surface area contributed by atoms with E-state index in [1.165, 1.54) is 12.3 Å². The van der Waals surface area contributed by atoms with Gasteiger partial charge in [-0.05, 0) is 12.1 Å². The van der Waals surface area contributed by atoms with E-state index in [0.717, 1.165) is 5.69 Å². The second-order valence-corrected chi connectivity index (χ2v) is 4.38. The molecule has 0 aliphatic carbocycles. The number of nitrogens with two attached hydrogens (primary N) is 1. The third-order valence-electron chi connectivity index (χ3n) is 2.78. The van der Waals surface area contributed by atoms with Gasteiger partial charge in [-0.3, -0.25) is 4.68 Å². The van der Waals surface area contributed by atoms with E-state index >= 15 is 0 Å². The number of nitrogens with zero attached hydrogens (tertiary/aromatic N) is 5. The van der Waals surface area contributed by atoms with Crippen LogP contribution in [0.5, 0.6) is 0 Å². The number of pyridine rings is 1. The molecule has 21 heavy (non-hydrogen) atoms. The fourth-order valence-corrected chi connectivity index (χ4v) is 1.78. The van der Waals surface area contributed by atoms with Crippen LogP contribution in [0.25, 0.3) is 11.3 Å². The van der Waals surface area contributed by atoms with E-state index in [0.29, 0.717) is 17.2 Å². The lowest BCUT2D eigenvalue weighted by Crippen LogP contribution is -1.99. The summed E-state index contributed by atoms with van der Waals surface area (Å²) in [5, 5.41) is 7.06. The van der Waals surface area contributed by atoms with Gasteiger partial charge in [-0.1, -0.05) is 0 Å². The zero-order valence-corrected chi connectivity index (χ0v) is 11.2. The molecule has 8 heteroatoms. The molecule has 0 unspecified atom stereocenters. The normalized spacial score (nSPS) is 10.6. The van der Waals surface area contributed by atoms with Crippen molar-refractivity contribution in [2.45, 2.75) is 0 Å². The molecule has 3 rings (SSSR count). The number of aryl methyl sites for hydroxylation is 1. The zero-order chi connectivity index (χ0) is 14.8. The van der Waals surface area contributed by atoms with Gasteiger partial charge in [-0.15, -0.1) is 0 Å². The lowest BCUT2D eigenvalue weighted by Gasteiger charge is -2.05. The topological polar surface area (TPSA) is 94.5 Å². The summed E-state index contributed by atoms with van der Waals surface area (Å²) >= 11 is 0. The van der Waals surface area contributed by atoms with Gasteiger partial charge in [0.1, 0.15) is 0 Å². The smallest absolute Gasteiger partial charge is 0.227 e. The molecule has 0 radical (unpaired) electrons. The summed E-state index contributed by atoms with van der Waals surface area (Å²) in [6, 6.07) is 2.96. The van der Waals surface area contributed by atoms with E-state index in [1.807, 2.05) is 7.05 Å². The molecule has 0 atom stereocenters. The highest BCUT2D eigenvalue weighted by Crippen LogP contribution is 2.20. The summed E-state index contributed by atoms with van der Waals surface area (Å²) in [7, 11) is 1.81. The monoisotopic (exact) mass is 285 g/mol. The predicted octanol–water partition coefficient (Wildman–Crippen LogP) is 1.74. The number of anilines is 3. The maximum atomic E-state index is 13.5. The second kappa shape index (κ2) is 5.16. The highest BCUT2D eigenvalue weighted by atomic mass is 19.1. The molecule has 0 amide bonds. The Hall–Kier alpha value is -3.03. The van der Waals surface area contributed by atoms with Gasteiger partial charge in [0.05, 0.1) is 17.6 Å². The molecular weight excluding hydrogens is 273 g/mol. The number of halogens is 1. The number of nitrogens with one attached hydrogen (secondary N) is 1. The number of hydrogen-bond acceptors (Lipinski definition) is 6. The number of nitrogen functional groups attached to an aromatic ring is 1. The summed E-state index contributed by atoms with van der Waals surface area (Å²) in [6.07, 6.45) is 6.49. The summed E-state index contributed by atoms with van der Waals surface area (Å²) in [6.45, 7) is 0. The number of rotatable bonds is 3. The maximum Gasteiger partial charge on any atom is 0.227 e. The van der Waals surface area contributed by atoms with Crippen molar-refractivity contribution in [2.24, 2.45) is 7.05 Å². The quantitative estimate of drug-likeness (QED) is 0.761. The fraction of sp³-hybridized carbons (Fsp3) is 0.0769. The molecule has 0 spiro atoms. The molecule has 0 aliphatic heterocycles. The van der Waals surface area contributed by atoms with E-state index in [-0.39, 0.29) is 5.82 Å². The van der Waals surface area contributed by atoms with Gasteiger partial charge in [0.25, 0.3) is 0 Å². The third kappa shape index (κ3) is 2.78. The van der Waals surface area contributed by atoms with Crippen molar-refractivity contribution in [1.82, 2.24) is 24.7 Å². The van der Waals surface area contributed by atoms with Crippen molar-refractivity contribution in [3.05, 3.63) is 42.7 Å². The molecule has 0 bridgehead atoms. The number of hydrogen-bond donors (Lipinski definition) is 2. The zero-order valence-electron chi connectivity index (χ0n) is 11.2. The Labute approximate surface area is 119 Å². The first-order valence-corrected chi connectivity index (χ1v) is 6.12. The SMILES string of the molecule is Cn1cc(Nc2nccc(-c3cnc(N)c(F)c3)n2)cn1. The van der Waals surface area contributed by atoms with Gasteiger partial charge in [0.15, 0.2) is 11.6 Å². The molecule has 0 saturated heterocycles. The van der Waals surface area contributed by atoms with Gasteiger partial charge in [-0.25, -0.2) is 19.3 Å². The average molecular weight is 285 g/mol. The van der Waals surface area contributed by atoms with Crippen molar-refractivity contribution in [3.63, 3.8) is 0 Å². The van der Waals surface area contributed by atoms with Crippen molar-refractivity contribution in [1.29, 1.82) is 0 Å². The molecule has 3 N–H and O–H groups in total. The van der Waals surface area contributed by atoms with Gasteiger partial charge >= 0.3 is 0 Å². The molecule has 0 saturated carbocycles. The summed E-state index contributed by atoms with van der Waals surface area (Å²) < 4.78 is 15.1. The Bertz CT molecular complexity index is 784. The Morgan fingerprint density at radius 2 is 2.14 bits per heavy atom. The van der Waals surface area contributed by atoms with E-state index in [2.05, 4.69) is 25.4 Å². The first-order chi connectivity index (χ1) is 10.1. The Morgan fingerprint density at radius 3 is 2.86 bits per heavy atom. The molecule has 3 aromatic heterocycles. The highest BCUT2D eigenvalue weighted by molar-refractivity contribution is 5.62. The maximum absolute atomic E-state index is 13.5. The van der Waals surface area contributed by atoms with E-state index in [4.69, 9.17) is 5.73 Å². The van der Waals surface area contributed by atoms with Crippen LogP contribution in [0.15, 0.2) is 36.9 Å². The van der Waals surface area contributed by atoms with Gasteiger partial charge in [0, 0.05) is 31.2 Å². The van der Waals surface area contributed by atoms with Crippen LogP contribution in [-0.4, -0.2) is 24.7 Å². The lowest BCUT2D eigenvalue weighted by atomic mass is 10.2. The van der Waals surface area contributed by atoms with Crippen molar-refractivity contribution in [3.8, 4) is 11.3 Å². The molecule has 7 nitrogen and oxygen atoms in total. The molecule has 106 valence electrons. The summed E-state index contributed by atoms with van der Waals surface area (Å²) in [5.74, 6) is -0.327. The van der Waals surface area contributed by atoms with E-state index in [9.17, 15) is 4.39 Å². The lowest BCUT2D eigenvalue weighted by molar-refractivity contribution is 0.627. The number of aromatic nitrogens is 5. The van der Waals surface area contributed by atoms with Crippen LogP contribution < -0.4 is 11.1 Å². The Kier molecular flexibility index (Phi) is 3.19. The molecule has 0 aliphatic rings. The van der Waals surface area contributed by atoms with Crippen LogP contribution in [0.4, 0.5) is 21.8 Å². The van der Waals surface area contributed by atoms with Crippen molar-refractivity contribution < 1.29 is 4.39 Å². The minimum atomic E-state index is -0.576. The first-order valence-electron chi connectivity index (χ1n) is 6.12. The van der Waals surface area contributed by atoms with Crippen LogP contribution in [0.3, 0.4) is 0 Å². The largest absolute Gasteiger partial charge is 0.381 e. The van der Waals surface area contributed by atoms with Crippen LogP contribution >= 0.6 is 0 Å². The Morgan fingerprint density at radius 1 is 1.29 bits per heavy atom. The summed E-state index contributed by atoms with van der Waals surface area (Å²) in [4.78, 5) is 12.2. The molecule has 0 fully saturated rings. The van der Waals surface area contributed by atoms with E-state index in [1.54, 1.807) is 29.3 Å². The molecule has 3 aromatic rings. The minimum Gasteiger partial charge on any atom is -0.381 e. The van der Waals surface area contributed by atoms with Gasteiger partial charge < -0.3 is 11.1 Å². The van der Waals surface area contributed by atoms with Crippen LogP contribution in [0.1, 0.15) is 0 Å². The van der Waals surface area contributed by atoms with Gasteiger partial charge in [-0.2, -0.15) is 5.10 Å². The van der Waals surface area contributed by atoms with Crippen LogP contribution in [0.2, 0.25) is 0 Å². The third-order valence-corrected chi connectivity index (χ3v) is 2.78. The van der Waals surface area contributed by atoms with E-state index < -0.39 is 5.82 Å². The van der Waals surface area contributed by atoms with Crippen LogP contribution in [0, 0.1) is 5.82 Å². The van der Waals surface area contributed by atoms with Crippen molar-refractivity contribution in [2.75, 3.05) is 11.1 Å². The predicted molar refractivity (Wildman–Crippen MR) is 76.1 cm³/mol. The van der Waals surface area contributed by atoms with Crippen molar-refractivity contribution >= 4 is 17.5 Å². The van der Waals surface area contributed by atoms with Gasteiger partial charge in [0.2, 0.25) is 5.95 Å². The standard InChI is InChI=1S/C13H12FN7/c1-21-7-9(6-18-21)19-13-16-3-2-11(20-13)8-4-10(14)12(15)17-5-8/h2-7H,1H3,(H2,15,17)(H,16,19,20). The second-order valence-electron chi connectivity index (χ2n) is 4.38. The molecule has 3 heterocycles. The highest BCUT2D eigenvalue weighted by Gasteiger charge is 2.07. The molecular formula is C13H12FN7. The Balaban J connectivity index is 1.90. The van der Waals surface area contributed by atoms with Crippen LogP contribution in [-0.2, 0) is 7.05 Å². The molecule has 0 aromatic carbocycles.